The first kappa shape index (κ1) is 22.9. The summed E-state index contributed by atoms with van der Waals surface area (Å²) in [5.74, 6) is -0.845. The Kier molecular flexibility index (Phi) is 6.52. The number of amides is 1. The molecule has 0 radical (unpaired) electrons. The van der Waals surface area contributed by atoms with Crippen molar-refractivity contribution in [2.75, 3.05) is 11.2 Å². The van der Waals surface area contributed by atoms with Crippen molar-refractivity contribution < 1.29 is 18.1 Å². The molecule has 164 valence electrons. The highest BCUT2D eigenvalue weighted by Gasteiger charge is 2.22. The number of aryl methyl sites for hydroxylation is 1. The van der Waals surface area contributed by atoms with Crippen LogP contribution in [0.1, 0.15) is 26.5 Å². The maximum Gasteiger partial charge on any atom is 0.284 e. The molecule has 32 heavy (non-hydrogen) atoms. The van der Waals surface area contributed by atoms with Crippen LogP contribution < -0.4 is 9.62 Å². The predicted octanol–water partition coefficient (Wildman–Crippen LogP) is 3.26. The average molecular weight is 472 g/mol. The number of carbonyl (C=O) groups is 1. The lowest BCUT2D eigenvalue weighted by atomic mass is 10.1. The van der Waals surface area contributed by atoms with Crippen molar-refractivity contribution in [1.82, 2.24) is 9.71 Å². The molecule has 0 aliphatic rings. The number of nitro groups is 1. The van der Waals surface area contributed by atoms with Gasteiger partial charge in [0.2, 0.25) is 10.0 Å². The standard InChI is InChI=1S/C20H17N5O5S2/c1-13-18(19(26)23-32(2,29)30)22-20(31-13)24(16-8-6-14(11-21)7-9-16)12-15-4-3-5-17(10-15)25(27)28/h3-10H,12H2,1-2H3,(H,23,26). The second-order valence-corrected chi connectivity index (χ2v) is 9.71. The molecule has 0 fully saturated rings. The fourth-order valence-corrected chi connectivity index (χ4v) is 4.22. The zero-order valence-electron chi connectivity index (χ0n) is 17.0. The van der Waals surface area contributed by atoms with Crippen LogP contribution in [0, 0.1) is 28.4 Å². The number of nitrogens with zero attached hydrogens (tertiary/aromatic N) is 4. The van der Waals surface area contributed by atoms with Gasteiger partial charge in [0.1, 0.15) is 5.69 Å². The molecule has 0 atom stereocenters. The van der Waals surface area contributed by atoms with E-state index in [1.807, 2.05) is 10.8 Å². The maximum absolute atomic E-state index is 12.3. The zero-order valence-corrected chi connectivity index (χ0v) is 18.6. The molecule has 1 aromatic heterocycles. The Morgan fingerprint density at radius 2 is 1.97 bits per heavy atom. The number of rotatable bonds is 7. The minimum absolute atomic E-state index is 0.0342. The molecular weight excluding hydrogens is 454 g/mol. The zero-order chi connectivity index (χ0) is 23.5. The Morgan fingerprint density at radius 3 is 2.56 bits per heavy atom. The van der Waals surface area contributed by atoms with Gasteiger partial charge >= 0.3 is 0 Å². The third-order valence-corrected chi connectivity index (χ3v) is 5.83. The van der Waals surface area contributed by atoms with Crippen molar-refractivity contribution in [2.45, 2.75) is 13.5 Å². The van der Waals surface area contributed by atoms with Gasteiger partial charge in [0.25, 0.3) is 11.6 Å². The summed E-state index contributed by atoms with van der Waals surface area (Å²) in [7, 11) is -3.76. The number of carbonyl (C=O) groups excluding carboxylic acids is 1. The summed E-state index contributed by atoms with van der Waals surface area (Å²) in [6.07, 6.45) is 0.874. The monoisotopic (exact) mass is 471 g/mol. The Labute approximate surface area is 188 Å². The number of hydrogen-bond donors (Lipinski definition) is 1. The van der Waals surface area contributed by atoms with Crippen LogP contribution in [-0.2, 0) is 16.6 Å². The first-order chi connectivity index (χ1) is 15.1. The van der Waals surface area contributed by atoms with Gasteiger partial charge in [0, 0.05) is 22.7 Å². The Bertz CT molecular complexity index is 1330. The van der Waals surface area contributed by atoms with E-state index in [1.165, 1.54) is 23.5 Å². The summed E-state index contributed by atoms with van der Waals surface area (Å²) in [6, 6.07) is 14.8. The van der Waals surface area contributed by atoms with Gasteiger partial charge in [-0.25, -0.2) is 18.1 Å². The molecule has 1 N–H and O–H groups in total. The highest BCUT2D eigenvalue weighted by Crippen LogP contribution is 2.33. The van der Waals surface area contributed by atoms with Crippen molar-refractivity contribution in [3.63, 3.8) is 0 Å². The number of non-ortho nitro benzene ring substituents is 1. The van der Waals surface area contributed by atoms with E-state index in [9.17, 15) is 23.3 Å². The Morgan fingerprint density at radius 1 is 1.28 bits per heavy atom. The number of hydrogen-bond acceptors (Lipinski definition) is 9. The van der Waals surface area contributed by atoms with E-state index < -0.39 is 20.9 Å². The van der Waals surface area contributed by atoms with Gasteiger partial charge in [-0.05, 0) is 36.8 Å². The summed E-state index contributed by atoms with van der Waals surface area (Å²) in [5, 5.41) is 20.6. The van der Waals surface area contributed by atoms with Gasteiger partial charge in [-0.3, -0.25) is 14.9 Å². The van der Waals surface area contributed by atoms with Crippen LogP contribution in [0.5, 0.6) is 0 Å². The summed E-state index contributed by atoms with van der Waals surface area (Å²) in [4.78, 5) is 29.6. The lowest BCUT2D eigenvalue weighted by molar-refractivity contribution is -0.384. The van der Waals surface area contributed by atoms with Gasteiger partial charge in [-0.1, -0.05) is 12.1 Å². The van der Waals surface area contributed by atoms with Gasteiger partial charge < -0.3 is 4.90 Å². The Balaban J connectivity index is 2.04. The first-order valence-electron chi connectivity index (χ1n) is 9.08. The van der Waals surface area contributed by atoms with Crippen LogP contribution in [0.25, 0.3) is 0 Å². The second-order valence-electron chi connectivity index (χ2n) is 6.78. The molecular formula is C20H17N5O5S2. The molecule has 1 heterocycles. The van der Waals surface area contributed by atoms with Crippen molar-refractivity contribution in [3.05, 3.63) is 80.3 Å². The van der Waals surface area contributed by atoms with E-state index in [0.29, 0.717) is 26.8 Å². The van der Waals surface area contributed by atoms with Crippen LogP contribution in [-0.4, -0.2) is 30.5 Å². The fourth-order valence-electron chi connectivity index (χ4n) is 2.86. The smallest absolute Gasteiger partial charge is 0.284 e. The molecule has 3 aromatic rings. The Hall–Kier alpha value is -3.82. The van der Waals surface area contributed by atoms with E-state index in [1.54, 1.807) is 48.2 Å². The van der Waals surface area contributed by atoms with E-state index in [-0.39, 0.29) is 17.9 Å². The van der Waals surface area contributed by atoms with E-state index in [4.69, 9.17) is 5.26 Å². The largest absolute Gasteiger partial charge is 0.313 e. The molecule has 0 aliphatic heterocycles. The molecule has 0 bridgehead atoms. The van der Waals surface area contributed by atoms with Crippen molar-refractivity contribution >= 4 is 43.8 Å². The number of thiazole rings is 1. The summed E-state index contributed by atoms with van der Waals surface area (Å²) in [6.45, 7) is 1.83. The number of nitrogens with one attached hydrogen (secondary N) is 1. The topological polar surface area (TPSA) is 146 Å². The van der Waals surface area contributed by atoms with Crippen LogP contribution in [0.4, 0.5) is 16.5 Å². The number of aromatic nitrogens is 1. The highest BCUT2D eigenvalue weighted by atomic mass is 32.2. The van der Waals surface area contributed by atoms with E-state index >= 15 is 0 Å². The van der Waals surface area contributed by atoms with Crippen LogP contribution in [0.2, 0.25) is 0 Å². The molecule has 0 saturated heterocycles. The van der Waals surface area contributed by atoms with Crippen molar-refractivity contribution in [3.8, 4) is 6.07 Å². The number of nitriles is 1. The van der Waals surface area contributed by atoms with Gasteiger partial charge in [0.05, 0.1) is 29.4 Å². The van der Waals surface area contributed by atoms with Crippen molar-refractivity contribution in [2.24, 2.45) is 0 Å². The minimum Gasteiger partial charge on any atom is -0.313 e. The highest BCUT2D eigenvalue weighted by molar-refractivity contribution is 7.89. The number of nitro benzene ring substituents is 1. The molecule has 2 aromatic carbocycles. The first-order valence-corrected chi connectivity index (χ1v) is 11.8. The number of sulfonamides is 1. The average Bonchev–Trinajstić information content (AvgIpc) is 3.12. The van der Waals surface area contributed by atoms with Crippen molar-refractivity contribution in [1.29, 1.82) is 5.26 Å². The van der Waals surface area contributed by atoms with Crippen LogP contribution in [0.3, 0.4) is 0 Å². The van der Waals surface area contributed by atoms with Crippen LogP contribution >= 0.6 is 11.3 Å². The van der Waals surface area contributed by atoms with E-state index in [0.717, 1.165) is 6.26 Å². The van der Waals surface area contributed by atoms with Gasteiger partial charge in [-0.15, -0.1) is 11.3 Å². The van der Waals surface area contributed by atoms with Gasteiger partial charge in [0.15, 0.2) is 5.13 Å². The third-order valence-electron chi connectivity index (χ3n) is 4.28. The molecule has 0 unspecified atom stereocenters. The number of anilines is 2. The summed E-state index contributed by atoms with van der Waals surface area (Å²) < 4.78 is 24.8. The molecule has 1 amide bonds. The van der Waals surface area contributed by atoms with E-state index in [2.05, 4.69) is 4.98 Å². The molecule has 0 aliphatic carbocycles. The summed E-state index contributed by atoms with van der Waals surface area (Å²) >= 11 is 1.17. The minimum atomic E-state index is -3.76. The van der Waals surface area contributed by atoms with Gasteiger partial charge in [-0.2, -0.15) is 5.26 Å². The normalized spacial score (nSPS) is 10.9. The second kappa shape index (κ2) is 9.13. The maximum atomic E-state index is 12.3. The SMILES string of the molecule is Cc1sc(N(Cc2cccc([N+](=O)[O-])c2)c2ccc(C#N)cc2)nc1C(=O)NS(C)(=O)=O. The lowest BCUT2D eigenvalue weighted by Gasteiger charge is -2.22. The van der Waals surface area contributed by atoms with Crippen LogP contribution in [0.15, 0.2) is 48.5 Å². The molecule has 0 spiro atoms. The summed E-state index contributed by atoms with van der Waals surface area (Å²) in [5.41, 5.74) is 1.62. The molecule has 3 rings (SSSR count). The quantitative estimate of drug-likeness (QED) is 0.408. The predicted molar refractivity (Wildman–Crippen MR) is 119 cm³/mol. The number of benzene rings is 2. The fraction of sp³-hybridized carbons (Fsp3) is 0.150. The molecule has 0 saturated carbocycles. The molecule has 10 nitrogen and oxygen atoms in total. The lowest BCUT2D eigenvalue weighted by Crippen LogP contribution is -2.30. The molecule has 12 heteroatoms. The third kappa shape index (κ3) is 5.45.